The highest BCUT2D eigenvalue weighted by Gasteiger charge is 2.24. The van der Waals surface area contributed by atoms with E-state index < -0.39 is 5.97 Å². The second kappa shape index (κ2) is 6.70. The quantitative estimate of drug-likeness (QED) is 0.841. The van der Waals surface area contributed by atoms with Gasteiger partial charge >= 0.3 is 5.97 Å². The molecule has 1 N–H and O–H groups in total. The van der Waals surface area contributed by atoms with Gasteiger partial charge in [-0.25, -0.2) is 4.79 Å². The van der Waals surface area contributed by atoms with Gasteiger partial charge < -0.3 is 10.1 Å². The molecule has 0 saturated carbocycles. The topological polar surface area (TPSA) is 73.2 Å². The first-order valence-corrected chi connectivity index (χ1v) is 6.87. The molecule has 0 aliphatic carbocycles. The number of esters is 1. The van der Waals surface area contributed by atoms with Crippen molar-refractivity contribution in [1.82, 2.24) is 9.78 Å². The van der Waals surface area contributed by atoms with Gasteiger partial charge in [-0.15, -0.1) is 0 Å². The molecule has 0 spiro atoms. The van der Waals surface area contributed by atoms with Crippen molar-refractivity contribution in [2.24, 2.45) is 5.92 Å². The monoisotopic (exact) mass is 331 g/mol. The molecule has 1 aromatic rings. The summed E-state index contributed by atoms with van der Waals surface area (Å²) in [5, 5.41) is 6.78. The average molecular weight is 332 g/mol. The molecule has 7 heteroatoms. The van der Waals surface area contributed by atoms with Crippen molar-refractivity contribution in [1.29, 1.82) is 0 Å². The van der Waals surface area contributed by atoms with Crippen molar-refractivity contribution in [3.05, 3.63) is 10.2 Å². The van der Waals surface area contributed by atoms with Crippen LogP contribution >= 0.6 is 15.9 Å². The van der Waals surface area contributed by atoms with Crippen molar-refractivity contribution in [3.8, 4) is 0 Å². The summed E-state index contributed by atoms with van der Waals surface area (Å²) in [6.07, 6.45) is 0. The second-order valence-corrected chi connectivity index (χ2v) is 5.24. The Morgan fingerprint density at radius 2 is 2.11 bits per heavy atom. The van der Waals surface area contributed by atoms with Gasteiger partial charge in [0.2, 0.25) is 5.91 Å². The van der Waals surface area contributed by atoms with Crippen LogP contribution < -0.4 is 5.32 Å². The van der Waals surface area contributed by atoms with Crippen LogP contribution in [-0.4, -0.2) is 28.3 Å². The number of rotatable bonds is 5. The largest absolute Gasteiger partial charge is 0.462 e. The van der Waals surface area contributed by atoms with Crippen LogP contribution in [0.4, 0.5) is 5.82 Å². The minimum atomic E-state index is -0.506. The van der Waals surface area contributed by atoms with Gasteiger partial charge in [0.25, 0.3) is 0 Å². The third kappa shape index (κ3) is 4.05. The molecule has 0 aliphatic rings. The van der Waals surface area contributed by atoms with Crippen molar-refractivity contribution in [3.63, 3.8) is 0 Å². The fourth-order valence-corrected chi connectivity index (χ4v) is 2.12. The van der Waals surface area contributed by atoms with Gasteiger partial charge in [-0.2, -0.15) is 5.10 Å². The summed E-state index contributed by atoms with van der Waals surface area (Å²) in [5.74, 6) is -0.213. The number of carbonyl (C=O) groups is 2. The predicted octanol–water partition coefficient (Wildman–Crippen LogP) is 2.44. The van der Waals surface area contributed by atoms with Crippen LogP contribution in [0.15, 0.2) is 4.60 Å². The number of carbonyl (C=O) groups excluding carboxylic acids is 2. The van der Waals surface area contributed by atoms with Crippen molar-refractivity contribution in [2.45, 2.75) is 34.2 Å². The van der Waals surface area contributed by atoms with Gasteiger partial charge in [-0.05, 0) is 28.8 Å². The Morgan fingerprint density at radius 1 is 1.47 bits per heavy atom. The Hall–Kier alpha value is -1.37. The lowest BCUT2D eigenvalue weighted by molar-refractivity contribution is -0.114. The fourth-order valence-electron chi connectivity index (χ4n) is 1.55. The molecule has 1 heterocycles. The Balaban J connectivity index is 3.19. The Morgan fingerprint density at radius 3 is 2.58 bits per heavy atom. The zero-order valence-corrected chi connectivity index (χ0v) is 13.1. The van der Waals surface area contributed by atoms with Crippen LogP contribution in [0.3, 0.4) is 0 Å². The molecule has 0 radical (unpaired) electrons. The third-order valence-electron chi connectivity index (χ3n) is 2.20. The first-order chi connectivity index (χ1) is 8.86. The van der Waals surface area contributed by atoms with E-state index >= 15 is 0 Å². The van der Waals surface area contributed by atoms with Crippen LogP contribution in [0.5, 0.6) is 0 Å². The minimum absolute atomic E-state index is 0.221. The molecule has 1 aromatic heterocycles. The molecule has 0 fully saturated rings. The van der Waals surface area contributed by atoms with Crippen molar-refractivity contribution < 1.29 is 14.3 Å². The summed E-state index contributed by atoms with van der Waals surface area (Å²) >= 11 is 3.34. The lowest BCUT2D eigenvalue weighted by Gasteiger charge is -2.06. The zero-order valence-electron chi connectivity index (χ0n) is 11.5. The summed E-state index contributed by atoms with van der Waals surface area (Å²) < 4.78 is 7.13. The maximum Gasteiger partial charge on any atom is 0.344 e. The summed E-state index contributed by atoms with van der Waals surface area (Å²) in [4.78, 5) is 23.1. The lowest BCUT2D eigenvalue weighted by atomic mass is 10.2. The fraction of sp³-hybridized carbons (Fsp3) is 0.583. The summed E-state index contributed by atoms with van der Waals surface area (Å²) in [5.41, 5.74) is 0.248. The van der Waals surface area contributed by atoms with E-state index in [9.17, 15) is 9.59 Å². The highest BCUT2D eigenvalue weighted by atomic mass is 79.9. The van der Waals surface area contributed by atoms with Crippen LogP contribution in [0, 0.1) is 5.92 Å². The molecular formula is C12H18BrN3O3. The smallest absolute Gasteiger partial charge is 0.344 e. The van der Waals surface area contributed by atoms with Gasteiger partial charge in [0.1, 0.15) is 10.2 Å². The number of halogens is 1. The number of nitrogens with zero attached hydrogens (tertiary/aromatic N) is 2. The van der Waals surface area contributed by atoms with Crippen LogP contribution in [0.1, 0.15) is 38.1 Å². The molecule has 19 heavy (non-hydrogen) atoms. The van der Waals surface area contributed by atoms with Gasteiger partial charge in [0, 0.05) is 13.5 Å². The third-order valence-corrected chi connectivity index (χ3v) is 3.01. The second-order valence-electron chi connectivity index (χ2n) is 4.49. The number of aromatic nitrogens is 2. The molecule has 0 unspecified atom stereocenters. The summed E-state index contributed by atoms with van der Waals surface area (Å²) in [6.45, 7) is 8.06. The molecular weight excluding hydrogens is 314 g/mol. The number of amides is 1. The van der Waals surface area contributed by atoms with E-state index in [-0.39, 0.29) is 23.9 Å². The standard InChI is InChI=1S/C12H18BrN3O3/c1-5-19-12(18)9-10(13)16(6-7(2)3)15-11(9)14-8(4)17/h7H,5-6H2,1-4H3,(H,14,15,17). The molecule has 1 rings (SSSR count). The molecule has 0 aromatic carbocycles. The normalized spacial score (nSPS) is 10.6. The summed E-state index contributed by atoms with van der Waals surface area (Å²) in [6, 6.07) is 0. The molecule has 0 atom stereocenters. The maximum atomic E-state index is 11.9. The Bertz CT molecular complexity index is 483. The predicted molar refractivity (Wildman–Crippen MR) is 75.0 cm³/mol. The van der Waals surface area contributed by atoms with E-state index in [4.69, 9.17) is 4.74 Å². The number of anilines is 1. The van der Waals surface area contributed by atoms with E-state index in [0.717, 1.165) is 0 Å². The van der Waals surface area contributed by atoms with E-state index in [1.165, 1.54) is 6.92 Å². The van der Waals surface area contributed by atoms with E-state index in [1.54, 1.807) is 11.6 Å². The summed E-state index contributed by atoms with van der Waals surface area (Å²) in [7, 11) is 0. The lowest BCUT2D eigenvalue weighted by Crippen LogP contribution is -2.12. The van der Waals surface area contributed by atoms with Gasteiger partial charge in [0.05, 0.1) is 6.61 Å². The van der Waals surface area contributed by atoms with E-state index in [1.807, 2.05) is 13.8 Å². The van der Waals surface area contributed by atoms with Crippen LogP contribution in [0.2, 0.25) is 0 Å². The van der Waals surface area contributed by atoms with Crippen molar-refractivity contribution in [2.75, 3.05) is 11.9 Å². The SMILES string of the molecule is CCOC(=O)c1c(NC(C)=O)nn(CC(C)C)c1Br. The molecule has 0 aliphatic heterocycles. The number of hydrogen-bond donors (Lipinski definition) is 1. The molecule has 0 bridgehead atoms. The molecule has 106 valence electrons. The molecule has 0 saturated heterocycles. The highest BCUT2D eigenvalue weighted by Crippen LogP contribution is 2.26. The average Bonchev–Trinajstić information content (AvgIpc) is 2.54. The van der Waals surface area contributed by atoms with Crippen molar-refractivity contribution >= 4 is 33.6 Å². The van der Waals surface area contributed by atoms with E-state index in [0.29, 0.717) is 17.1 Å². The number of hydrogen-bond acceptors (Lipinski definition) is 4. The minimum Gasteiger partial charge on any atom is -0.462 e. The first-order valence-electron chi connectivity index (χ1n) is 6.07. The van der Waals surface area contributed by atoms with Crippen LogP contribution in [-0.2, 0) is 16.1 Å². The zero-order chi connectivity index (χ0) is 14.6. The Labute approximate surface area is 120 Å². The van der Waals surface area contributed by atoms with Gasteiger partial charge in [-0.3, -0.25) is 9.48 Å². The number of ether oxygens (including phenoxy) is 1. The van der Waals surface area contributed by atoms with Gasteiger partial charge in [0.15, 0.2) is 5.82 Å². The van der Waals surface area contributed by atoms with Gasteiger partial charge in [-0.1, -0.05) is 13.8 Å². The number of nitrogens with one attached hydrogen (secondary N) is 1. The molecule has 6 nitrogen and oxygen atoms in total. The maximum absolute atomic E-state index is 11.9. The highest BCUT2D eigenvalue weighted by molar-refractivity contribution is 9.10. The first kappa shape index (κ1) is 15.7. The Kier molecular flexibility index (Phi) is 5.53. The molecule has 1 amide bonds. The van der Waals surface area contributed by atoms with Crippen LogP contribution in [0.25, 0.3) is 0 Å². The van der Waals surface area contributed by atoms with E-state index in [2.05, 4.69) is 26.3 Å².